The predicted molar refractivity (Wildman–Crippen MR) is 181 cm³/mol. The molecule has 3 heterocycles. The predicted octanol–water partition coefficient (Wildman–Crippen LogP) is 4.58. The van der Waals surface area contributed by atoms with Gasteiger partial charge in [0.2, 0.25) is 0 Å². The van der Waals surface area contributed by atoms with Crippen molar-refractivity contribution in [2.45, 2.75) is 93.7 Å². The average Bonchev–Trinajstić information content (AvgIpc) is 3.55. The van der Waals surface area contributed by atoms with Crippen LogP contribution in [-0.2, 0) is 22.3 Å². The van der Waals surface area contributed by atoms with Crippen molar-refractivity contribution in [1.82, 2.24) is 4.90 Å². The topological polar surface area (TPSA) is 118 Å². The number of hydrogen-bond donors (Lipinski definition) is 4. The third-order valence-corrected chi connectivity index (χ3v) is 10.9. The highest BCUT2D eigenvalue weighted by molar-refractivity contribution is 7.99. The van der Waals surface area contributed by atoms with Crippen LogP contribution in [0.25, 0.3) is 0 Å². The van der Waals surface area contributed by atoms with Crippen LogP contribution in [0.1, 0.15) is 65.4 Å². The maximum atomic E-state index is 14.4. The Balaban J connectivity index is 1.07. The van der Waals surface area contributed by atoms with E-state index in [2.05, 4.69) is 24.0 Å². The monoisotopic (exact) mass is 684 g/mol. The normalized spacial score (nSPS) is 31.2. The van der Waals surface area contributed by atoms with Gasteiger partial charge in [-0.3, -0.25) is 4.90 Å². The van der Waals surface area contributed by atoms with E-state index >= 15 is 0 Å². The van der Waals surface area contributed by atoms with Gasteiger partial charge in [-0.05, 0) is 90.9 Å². The molecule has 5 N–H and O–H groups in total. The second-order valence-electron chi connectivity index (χ2n) is 13.3. The van der Waals surface area contributed by atoms with Crippen LogP contribution in [0.15, 0.2) is 54.6 Å². The molecule has 8 nitrogen and oxygen atoms in total. The van der Waals surface area contributed by atoms with E-state index in [1.165, 1.54) is 23.4 Å². The first-order valence-corrected chi connectivity index (χ1v) is 18.0. The number of thioether (sulfide) groups is 1. The molecule has 6 rings (SSSR count). The fourth-order valence-corrected chi connectivity index (χ4v) is 8.01. The molecule has 9 atom stereocenters. The molecule has 3 aromatic rings. The van der Waals surface area contributed by atoms with Gasteiger partial charge in [-0.1, -0.05) is 37.3 Å². The number of nitrogens with zero attached hydrogens (tertiary/aromatic N) is 1. The van der Waals surface area contributed by atoms with E-state index in [1.807, 2.05) is 31.2 Å². The molecule has 3 saturated heterocycles. The Labute approximate surface area is 285 Å². The minimum atomic E-state index is -1.30. The van der Waals surface area contributed by atoms with Crippen molar-refractivity contribution < 1.29 is 38.3 Å². The highest BCUT2D eigenvalue weighted by Gasteiger charge is 2.44. The third-order valence-electron chi connectivity index (χ3n) is 10.0. The Morgan fingerprint density at radius 2 is 1.79 bits per heavy atom. The SMILES string of the molecule is CCc1ccc([C@@H]2O[C@H](SC)[C@@H](O)[C@H](O)[C@H]2O)cc1Cc1ccc(O[C@@H]2CCN([C@@H]3CO[C@H](c4cc(F)ccc4F)[C@@H](N)C3)C2)c(C)c1. The van der Waals surface area contributed by atoms with Crippen molar-refractivity contribution in [3.05, 3.63) is 99.6 Å². The minimum Gasteiger partial charge on any atom is -0.489 e. The smallest absolute Gasteiger partial charge is 0.132 e. The van der Waals surface area contributed by atoms with E-state index in [9.17, 15) is 24.1 Å². The zero-order chi connectivity index (χ0) is 34.1. The van der Waals surface area contributed by atoms with Gasteiger partial charge in [0.25, 0.3) is 0 Å². The van der Waals surface area contributed by atoms with Gasteiger partial charge in [0, 0.05) is 30.7 Å². The second-order valence-corrected chi connectivity index (χ2v) is 14.2. The average molecular weight is 685 g/mol. The summed E-state index contributed by atoms with van der Waals surface area (Å²) in [6.45, 7) is 6.11. The Morgan fingerprint density at radius 3 is 2.52 bits per heavy atom. The third kappa shape index (κ3) is 7.44. The summed E-state index contributed by atoms with van der Waals surface area (Å²) in [6.07, 6.45) is -0.306. The molecule has 260 valence electrons. The van der Waals surface area contributed by atoms with Crippen molar-refractivity contribution in [3.8, 4) is 5.75 Å². The van der Waals surface area contributed by atoms with Gasteiger partial charge in [0.05, 0.1) is 6.61 Å². The van der Waals surface area contributed by atoms with Crippen LogP contribution in [0.2, 0.25) is 0 Å². The fourth-order valence-electron chi connectivity index (χ4n) is 7.34. The Kier molecular flexibility index (Phi) is 11.1. The molecule has 11 heteroatoms. The largest absolute Gasteiger partial charge is 0.489 e. The van der Waals surface area contributed by atoms with Gasteiger partial charge in [-0.15, -0.1) is 11.8 Å². The van der Waals surface area contributed by atoms with E-state index in [0.29, 0.717) is 19.4 Å². The van der Waals surface area contributed by atoms with Crippen LogP contribution in [0.5, 0.6) is 5.75 Å². The summed E-state index contributed by atoms with van der Waals surface area (Å²) in [7, 11) is 0. The van der Waals surface area contributed by atoms with E-state index < -0.39 is 53.6 Å². The summed E-state index contributed by atoms with van der Waals surface area (Å²) < 4.78 is 46.6. The minimum absolute atomic E-state index is 0.00781. The first kappa shape index (κ1) is 35.2. The van der Waals surface area contributed by atoms with Crippen molar-refractivity contribution in [2.24, 2.45) is 5.73 Å². The lowest BCUT2D eigenvalue weighted by atomic mass is 9.90. The fraction of sp³-hybridized carbons (Fsp3) is 0.514. The highest BCUT2D eigenvalue weighted by atomic mass is 32.2. The molecule has 0 saturated carbocycles. The van der Waals surface area contributed by atoms with Crippen LogP contribution in [-0.4, -0.2) is 88.1 Å². The van der Waals surface area contributed by atoms with Crippen LogP contribution in [0, 0.1) is 18.6 Å². The molecule has 0 aliphatic carbocycles. The Morgan fingerprint density at radius 1 is 0.979 bits per heavy atom. The summed E-state index contributed by atoms with van der Waals surface area (Å²) in [5.41, 5.74) is 11.2. The summed E-state index contributed by atoms with van der Waals surface area (Å²) in [6, 6.07) is 15.3. The zero-order valence-electron chi connectivity index (χ0n) is 27.6. The van der Waals surface area contributed by atoms with Gasteiger partial charge in [0.15, 0.2) is 0 Å². The second kappa shape index (κ2) is 15.1. The van der Waals surface area contributed by atoms with Gasteiger partial charge in [-0.25, -0.2) is 8.78 Å². The number of ether oxygens (including phenoxy) is 3. The number of aliphatic hydroxyl groups excluding tert-OH is 3. The number of rotatable bonds is 9. The molecular formula is C37H46F2N2O6S. The molecule has 0 radical (unpaired) electrons. The molecule has 3 aromatic carbocycles. The standard InChI is InChI=1S/C37H46F2N2O6S/c1-4-22-6-7-23(35-33(43)32(42)34(44)37(47-35)48-3)15-24(22)14-21-5-10-31(20(2)13-21)46-27-11-12-41(18-27)26-17-30(40)36(45-19-26)28-16-25(38)8-9-29(28)39/h5-10,13,15-16,26-27,30,32-37,42-44H,4,11-12,14,17-19,40H2,1-3H3/t26-,27+,30-,32+,33+,34-,35-,36+,37+/m0/s1. The summed E-state index contributed by atoms with van der Waals surface area (Å²) in [5, 5.41) is 31.5. The highest BCUT2D eigenvalue weighted by Crippen LogP contribution is 2.37. The molecule has 0 amide bonds. The first-order chi connectivity index (χ1) is 23.1. The molecular weight excluding hydrogens is 638 g/mol. The Hall–Kier alpha value is -2.61. The number of likely N-dealkylation sites (tertiary alicyclic amines) is 1. The van der Waals surface area contributed by atoms with Gasteiger partial charge in [-0.2, -0.15) is 0 Å². The van der Waals surface area contributed by atoms with Crippen molar-refractivity contribution >= 4 is 11.8 Å². The van der Waals surface area contributed by atoms with E-state index in [1.54, 1.807) is 6.26 Å². The zero-order valence-corrected chi connectivity index (χ0v) is 28.4. The number of halogens is 2. The van der Waals surface area contributed by atoms with E-state index in [0.717, 1.165) is 66.1 Å². The van der Waals surface area contributed by atoms with E-state index in [4.69, 9.17) is 19.9 Å². The lowest BCUT2D eigenvalue weighted by Crippen LogP contribution is -2.52. The Bertz CT molecular complexity index is 1580. The number of aliphatic hydroxyl groups is 3. The quantitative estimate of drug-likeness (QED) is 0.257. The molecule has 3 aliphatic rings. The number of nitrogens with two attached hydrogens (primary N) is 1. The summed E-state index contributed by atoms with van der Waals surface area (Å²) >= 11 is 1.30. The van der Waals surface area contributed by atoms with Crippen LogP contribution >= 0.6 is 11.8 Å². The lowest BCUT2D eigenvalue weighted by molar-refractivity contribution is -0.200. The van der Waals surface area contributed by atoms with E-state index in [-0.39, 0.29) is 17.7 Å². The maximum absolute atomic E-state index is 14.4. The summed E-state index contributed by atoms with van der Waals surface area (Å²) in [4.78, 5) is 2.32. The maximum Gasteiger partial charge on any atom is 0.132 e. The molecule has 0 unspecified atom stereocenters. The summed E-state index contributed by atoms with van der Waals surface area (Å²) in [5.74, 6) is -0.181. The lowest BCUT2D eigenvalue weighted by Gasteiger charge is -2.40. The number of aryl methyl sites for hydroxylation is 2. The number of hydrogen-bond acceptors (Lipinski definition) is 9. The van der Waals surface area contributed by atoms with Crippen LogP contribution in [0.3, 0.4) is 0 Å². The van der Waals surface area contributed by atoms with Crippen LogP contribution in [0.4, 0.5) is 8.78 Å². The van der Waals surface area contributed by atoms with Crippen molar-refractivity contribution in [3.63, 3.8) is 0 Å². The molecule has 3 fully saturated rings. The molecule has 48 heavy (non-hydrogen) atoms. The molecule has 3 aliphatic heterocycles. The molecule has 0 aromatic heterocycles. The van der Waals surface area contributed by atoms with Gasteiger partial charge in [0.1, 0.15) is 59.4 Å². The van der Waals surface area contributed by atoms with Crippen molar-refractivity contribution in [2.75, 3.05) is 26.0 Å². The van der Waals surface area contributed by atoms with Gasteiger partial charge < -0.3 is 35.3 Å². The molecule has 0 bridgehead atoms. The van der Waals surface area contributed by atoms with Gasteiger partial charge >= 0.3 is 0 Å². The van der Waals surface area contributed by atoms with Crippen LogP contribution < -0.4 is 10.5 Å². The van der Waals surface area contributed by atoms with Crippen molar-refractivity contribution in [1.29, 1.82) is 0 Å². The number of benzene rings is 3. The first-order valence-electron chi connectivity index (χ1n) is 16.7. The molecule has 0 spiro atoms.